The third kappa shape index (κ3) is 7.08. The Morgan fingerprint density at radius 3 is 2.46 bits per heavy atom. The summed E-state index contributed by atoms with van der Waals surface area (Å²) in [7, 11) is 0.768. The average molecular weight is 207 g/mol. The summed E-state index contributed by atoms with van der Waals surface area (Å²) in [4.78, 5) is 10.4. The van der Waals surface area contributed by atoms with E-state index in [0.29, 0.717) is 6.35 Å². The molecule has 0 fully saturated rings. The minimum absolute atomic E-state index is 0.146. The maximum atomic E-state index is 10.4. The molecule has 0 bridgehead atoms. The number of hydrogen-bond acceptors (Lipinski definition) is 4. The molecule has 78 valence electrons. The molecule has 0 rings (SSSR count). The summed E-state index contributed by atoms with van der Waals surface area (Å²) >= 11 is 0. The van der Waals surface area contributed by atoms with Crippen molar-refractivity contribution in [1.29, 1.82) is 0 Å². The highest BCUT2D eigenvalue weighted by atomic mass is 31.2. The Kier molecular flexibility index (Phi) is 7.38. The number of carbonyl (C=O) groups excluding carboxylic acids is 1. The predicted octanol–water partition coefficient (Wildman–Crippen LogP) is 1.50. The fourth-order valence-corrected chi connectivity index (χ4v) is 2.18. The first-order valence-corrected chi connectivity index (χ1v) is 5.69. The van der Waals surface area contributed by atoms with Crippen molar-refractivity contribution < 1.29 is 14.1 Å². The van der Waals surface area contributed by atoms with Crippen LogP contribution in [0, 0.1) is 0 Å². The SMILES string of the molecule is COCP(NC(C)C=O)OC(C)C. The molecule has 0 saturated carbocycles. The number of rotatable bonds is 7. The van der Waals surface area contributed by atoms with Crippen LogP contribution in [-0.4, -0.2) is 31.9 Å². The first kappa shape index (κ1) is 13.0. The molecular formula is C8H18NO3P. The molecule has 0 aromatic heterocycles. The number of nitrogens with one attached hydrogen (secondary N) is 1. The minimum Gasteiger partial charge on any atom is -0.376 e. The van der Waals surface area contributed by atoms with E-state index in [-0.39, 0.29) is 12.1 Å². The van der Waals surface area contributed by atoms with Crippen molar-refractivity contribution in [3.05, 3.63) is 0 Å². The molecule has 0 spiro atoms. The Bertz CT molecular complexity index is 143. The lowest BCUT2D eigenvalue weighted by atomic mass is 10.4. The Hall–Kier alpha value is -0.0200. The van der Waals surface area contributed by atoms with Crippen LogP contribution in [0.25, 0.3) is 0 Å². The second-order valence-electron chi connectivity index (χ2n) is 3.00. The van der Waals surface area contributed by atoms with Crippen molar-refractivity contribution in [2.24, 2.45) is 0 Å². The zero-order chi connectivity index (χ0) is 10.3. The molecule has 0 radical (unpaired) electrons. The van der Waals surface area contributed by atoms with Gasteiger partial charge in [-0.25, -0.2) is 0 Å². The topological polar surface area (TPSA) is 47.6 Å². The quantitative estimate of drug-likeness (QED) is 0.507. The van der Waals surface area contributed by atoms with E-state index in [9.17, 15) is 4.79 Å². The fraction of sp³-hybridized carbons (Fsp3) is 0.875. The van der Waals surface area contributed by atoms with Crippen LogP contribution in [0.4, 0.5) is 0 Å². The van der Waals surface area contributed by atoms with Crippen molar-refractivity contribution in [1.82, 2.24) is 5.09 Å². The number of aldehydes is 1. The highest BCUT2D eigenvalue weighted by Crippen LogP contribution is 2.33. The first-order chi connectivity index (χ1) is 6.10. The molecule has 2 unspecified atom stereocenters. The van der Waals surface area contributed by atoms with Gasteiger partial charge in [0, 0.05) is 7.11 Å². The van der Waals surface area contributed by atoms with Crippen LogP contribution in [0.15, 0.2) is 0 Å². The van der Waals surface area contributed by atoms with E-state index in [0.717, 1.165) is 6.29 Å². The lowest BCUT2D eigenvalue weighted by Gasteiger charge is -2.21. The third-order valence-electron chi connectivity index (χ3n) is 1.14. The zero-order valence-electron chi connectivity index (χ0n) is 8.61. The van der Waals surface area contributed by atoms with E-state index >= 15 is 0 Å². The van der Waals surface area contributed by atoms with E-state index in [2.05, 4.69) is 5.09 Å². The lowest BCUT2D eigenvalue weighted by molar-refractivity contribution is -0.108. The molecule has 0 saturated heterocycles. The van der Waals surface area contributed by atoms with Gasteiger partial charge in [-0.2, -0.15) is 0 Å². The molecule has 0 heterocycles. The summed E-state index contributed by atoms with van der Waals surface area (Å²) in [5.41, 5.74) is 0. The molecule has 0 aliphatic heterocycles. The van der Waals surface area contributed by atoms with Gasteiger partial charge in [-0.3, -0.25) is 5.09 Å². The fourth-order valence-electron chi connectivity index (χ4n) is 0.727. The van der Waals surface area contributed by atoms with Gasteiger partial charge < -0.3 is 14.1 Å². The van der Waals surface area contributed by atoms with Gasteiger partial charge in [0.2, 0.25) is 0 Å². The van der Waals surface area contributed by atoms with E-state index in [4.69, 9.17) is 9.26 Å². The molecule has 0 aliphatic carbocycles. The van der Waals surface area contributed by atoms with Gasteiger partial charge in [-0.15, -0.1) is 0 Å². The van der Waals surface area contributed by atoms with Crippen molar-refractivity contribution in [2.45, 2.75) is 32.9 Å². The summed E-state index contributed by atoms with van der Waals surface area (Å²) in [6.45, 7) is 5.71. The van der Waals surface area contributed by atoms with Gasteiger partial charge in [0.25, 0.3) is 0 Å². The summed E-state index contributed by atoms with van der Waals surface area (Å²) in [5, 5.41) is 3.05. The van der Waals surface area contributed by atoms with E-state index in [1.807, 2.05) is 13.8 Å². The van der Waals surface area contributed by atoms with Crippen LogP contribution in [0.1, 0.15) is 20.8 Å². The molecule has 2 atom stereocenters. The van der Waals surface area contributed by atoms with Gasteiger partial charge in [-0.05, 0) is 20.8 Å². The molecular weight excluding hydrogens is 189 g/mol. The second kappa shape index (κ2) is 7.39. The smallest absolute Gasteiger partial charge is 0.136 e. The zero-order valence-corrected chi connectivity index (χ0v) is 9.51. The Morgan fingerprint density at radius 1 is 1.46 bits per heavy atom. The predicted molar refractivity (Wildman–Crippen MR) is 53.7 cm³/mol. The normalized spacial score (nSPS) is 15.8. The summed E-state index contributed by atoms with van der Waals surface area (Å²) in [6, 6.07) is -0.181. The van der Waals surface area contributed by atoms with Gasteiger partial charge in [0.05, 0.1) is 12.1 Å². The maximum absolute atomic E-state index is 10.4. The standard InChI is InChI=1S/C8H18NO3P/c1-7(2)12-13(6-11-4)9-8(3)5-10/h5,7-9H,6H2,1-4H3. The van der Waals surface area contributed by atoms with Gasteiger partial charge in [0.1, 0.15) is 20.9 Å². The van der Waals surface area contributed by atoms with Crippen LogP contribution in [0.3, 0.4) is 0 Å². The van der Waals surface area contributed by atoms with Gasteiger partial charge >= 0.3 is 0 Å². The largest absolute Gasteiger partial charge is 0.376 e. The van der Waals surface area contributed by atoms with Crippen molar-refractivity contribution in [3.63, 3.8) is 0 Å². The van der Waals surface area contributed by atoms with Crippen LogP contribution in [0.5, 0.6) is 0 Å². The minimum atomic E-state index is -0.849. The van der Waals surface area contributed by atoms with Crippen LogP contribution < -0.4 is 5.09 Å². The number of methoxy groups -OCH3 is 1. The summed E-state index contributed by atoms with van der Waals surface area (Å²) < 4.78 is 10.5. The molecule has 0 amide bonds. The Labute approximate surface area is 80.9 Å². The molecule has 0 aromatic rings. The second-order valence-corrected chi connectivity index (χ2v) is 4.49. The van der Waals surface area contributed by atoms with Gasteiger partial charge in [-0.1, -0.05) is 0 Å². The molecule has 0 aromatic carbocycles. The third-order valence-corrected chi connectivity index (χ3v) is 3.00. The Morgan fingerprint density at radius 2 is 2.08 bits per heavy atom. The number of carbonyl (C=O) groups is 1. The summed E-state index contributed by atoms with van der Waals surface area (Å²) in [6.07, 6.45) is 1.51. The Balaban J connectivity index is 3.85. The van der Waals surface area contributed by atoms with Crippen molar-refractivity contribution in [3.8, 4) is 0 Å². The first-order valence-electron chi connectivity index (χ1n) is 4.24. The highest BCUT2D eigenvalue weighted by Gasteiger charge is 2.13. The lowest BCUT2D eigenvalue weighted by Crippen LogP contribution is -2.25. The van der Waals surface area contributed by atoms with E-state index < -0.39 is 8.30 Å². The summed E-state index contributed by atoms with van der Waals surface area (Å²) in [5.74, 6) is 0. The highest BCUT2D eigenvalue weighted by molar-refractivity contribution is 7.50. The molecule has 5 heteroatoms. The maximum Gasteiger partial charge on any atom is 0.136 e. The number of hydrogen-bond donors (Lipinski definition) is 1. The molecule has 13 heavy (non-hydrogen) atoms. The van der Waals surface area contributed by atoms with E-state index in [1.54, 1.807) is 14.0 Å². The average Bonchev–Trinajstić information content (AvgIpc) is 2.03. The molecule has 0 aliphatic rings. The van der Waals surface area contributed by atoms with Crippen LogP contribution in [-0.2, 0) is 14.1 Å². The number of ether oxygens (including phenoxy) is 1. The van der Waals surface area contributed by atoms with Gasteiger partial charge in [0.15, 0.2) is 0 Å². The van der Waals surface area contributed by atoms with Crippen molar-refractivity contribution >= 4 is 14.6 Å². The van der Waals surface area contributed by atoms with Crippen LogP contribution in [0.2, 0.25) is 0 Å². The monoisotopic (exact) mass is 207 g/mol. The van der Waals surface area contributed by atoms with Crippen molar-refractivity contribution in [2.75, 3.05) is 13.5 Å². The van der Waals surface area contributed by atoms with E-state index in [1.165, 1.54) is 0 Å². The molecule has 4 nitrogen and oxygen atoms in total. The van der Waals surface area contributed by atoms with Crippen LogP contribution >= 0.6 is 8.30 Å². The molecule has 1 N–H and O–H groups in total.